The standard InChI is InChI=1S/C25H42O3/c1-5-6-14-27-21-16-20(22(26)17-21)11-9-7-8-10-15-28-25-18-19(2)12-13-23(25)24(25,3)4/h16,19,21,23H,5-15,17-18H2,1-4H3. The molecule has 3 aliphatic carbocycles. The summed E-state index contributed by atoms with van der Waals surface area (Å²) in [7, 11) is 0. The fraction of sp³-hybridized carbons (Fsp3) is 0.880. The molecular weight excluding hydrogens is 348 g/mol. The van der Waals surface area contributed by atoms with Crippen molar-refractivity contribution in [2.75, 3.05) is 13.2 Å². The molecule has 0 radical (unpaired) electrons. The van der Waals surface area contributed by atoms with E-state index in [-0.39, 0.29) is 11.7 Å². The minimum absolute atomic E-state index is 0.0365. The van der Waals surface area contributed by atoms with Crippen LogP contribution in [0.1, 0.15) is 98.3 Å². The van der Waals surface area contributed by atoms with Gasteiger partial charge in [-0.3, -0.25) is 4.79 Å². The average Bonchev–Trinajstić information content (AvgIpc) is 2.91. The molecule has 0 amide bonds. The molecule has 3 aliphatic rings. The SMILES string of the molecule is CCCCOC1C=C(CCCCCCOC23CC(C)CCC2C3(C)C)C(=O)C1. The molecule has 0 bridgehead atoms. The number of hydrogen-bond acceptors (Lipinski definition) is 3. The third-order valence-corrected chi connectivity index (χ3v) is 7.70. The van der Waals surface area contributed by atoms with Gasteiger partial charge in [0.05, 0.1) is 11.7 Å². The Kier molecular flexibility index (Phi) is 7.42. The van der Waals surface area contributed by atoms with E-state index in [1.807, 2.05) is 0 Å². The summed E-state index contributed by atoms with van der Waals surface area (Å²) in [5.74, 6) is 1.89. The Morgan fingerprint density at radius 3 is 2.64 bits per heavy atom. The number of fused-ring (bicyclic) bond motifs is 1. The van der Waals surface area contributed by atoms with Crippen LogP contribution in [0.5, 0.6) is 0 Å². The van der Waals surface area contributed by atoms with Crippen molar-refractivity contribution >= 4 is 5.78 Å². The fourth-order valence-corrected chi connectivity index (χ4v) is 5.76. The van der Waals surface area contributed by atoms with Gasteiger partial charge in [0, 0.05) is 19.6 Å². The van der Waals surface area contributed by atoms with Gasteiger partial charge < -0.3 is 9.47 Å². The summed E-state index contributed by atoms with van der Waals surface area (Å²) in [4.78, 5) is 12.1. The van der Waals surface area contributed by atoms with Crippen LogP contribution in [-0.4, -0.2) is 30.7 Å². The van der Waals surface area contributed by atoms with Gasteiger partial charge in [-0.15, -0.1) is 0 Å². The second kappa shape index (κ2) is 9.43. The monoisotopic (exact) mass is 390 g/mol. The van der Waals surface area contributed by atoms with Crippen LogP contribution in [0.4, 0.5) is 0 Å². The van der Waals surface area contributed by atoms with Crippen LogP contribution in [0.15, 0.2) is 11.6 Å². The molecule has 0 aromatic carbocycles. The first-order valence-electron chi connectivity index (χ1n) is 11.9. The second-order valence-electron chi connectivity index (χ2n) is 10.1. The predicted molar refractivity (Wildman–Crippen MR) is 114 cm³/mol. The first-order valence-corrected chi connectivity index (χ1v) is 11.9. The Morgan fingerprint density at radius 2 is 1.86 bits per heavy atom. The van der Waals surface area contributed by atoms with Crippen molar-refractivity contribution in [3.63, 3.8) is 0 Å². The lowest BCUT2D eigenvalue weighted by Crippen LogP contribution is -2.28. The number of unbranched alkanes of at least 4 members (excludes halogenated alkanes) is 4. The Balaban J connectivity index is 1.28. The number of ether oxygens (including phenoxy) is 2. The number of carbonyl (C=O) groups excluding carboxylic acids is 1. The minimum atomic E-state index is 0.0365. The quantitative estimate of drug-likeness (QED) is 0.369. The summed E-state index contributed by atoms with van der Waals surface area (Å²) >= 11 is 0. The summed E-state index contributed by atoms with van der Waals surface area (Å²) in [5, 5.41) is 0. The lowest BCUT2D eigenvalue weighted by atomic mass is 9.88. The maximum atomic E-state index is 12.1. The van der Waals surface area contributed by atoms with Crippen molar-refractivity contribution in [3.8, 4) is 0 Å². The molecule has 0 saturated heterocycles. The fourth-order valence-electron chi connectivity index (χ4n) is 5.76. The highest BCUT2D eigenvalue weighted by Crippen LogP contribution is 2.70. The van der Waals surface area contributed by atoms with Gasteiger partial charge >= 0.3 is 0 Å². The first kappa shape index (κ1) is 22.0. The third kappa shape index (κ3) is 4.73. The predicted octanol–water partition coefficient (Wildman–Crippen LogP) is 6.25. The molecule has 3 nitrogen and oxygen atoms in total. The van der Waals surface area contributed by atoms with E-state index in [4.69, 9.17) is 9.47 Å². The van der Waals surface area contributed by atoms with Crippen LogP contribution < -0.4 is 0 Å². The Labute approximate surface area is 172 Å². The summed E-state index contributed by atoms with van der Waals surface area (Å²) < 4.78 is 12.3. The van der Waals surface area contributed by atoms with Gasteiger partial charge in [0.1, 0.15) is 0 Å². The molecule has 0 aromatic rings. The molecule has 28 heavy (non-hydrogen) atoms. The normalized spacial score (nSPS) is 33.6. The molecule has 4 unspecified atom stereocenters. The van der Waals surface area contributed by atoms with E-state index < -0.39 is 0 Å². The zero-order valence-electron chi connectivity index (χ0n) is 18.7. The molecule has 160 valence electrons. The van der Waals surface area contributed by atoms with Crippen molar-refractivity contribution in [1.82, 2.24) is 0 Å². The number of hydrogen-bond donors (Lipinski definition) is 0. The van der Waals surface area contributed by atoms with Gasteiger partial charge in [-0.05, 0) is 67.4 Å². The first-order chi connectivity index (χ1) is 13.4. The maximum absolute atomic E-state index is 12.1. The molecule has 0 spiro atoms. The molecule has 0 N–H and O–H groups in total. The van der Waals surface area contributed by atoms with Crippen molar-refractivity contribution in [1.29, 1.82) is 0 Å². The van der Waals surface area contributed by atoms with Crippen molar-refractivity contribution in [2.45, 2.75) is 110 Å². The van der Waals surface area contributed by atoms with Gasteiger partial charge in [-0.2, -0.15) is 0 Å². The summed E-state index contributed by atoms with van der Waals surface area (Å²) in [6.07, 6.45) is 14.4. The number of ketones is 1. The molecule has 0 aliphatic heterocycles. The Hall–Kier alpha value is -0.670. The van der Waals surface area contributed by atoms with Crippen LogP contribution in [0.2, 0.25) is 0 Å². The number of allylic oxidation sites excluding steroid dienone is 1. The highest BCUT2D eigenvalue weighted by Gasteiger charge is 2.72. The van der Waals surface area contributed by atoms with E-state index >= 15 is 0 Å². The summed E-state index contributed by atoms with van der Waals surface area (Å²) in [6.45, 7) is 11.0. The van der Waals surface area contributed by atoms with Gasteiger partial charge in [0.15, 0.2) is 5.78 Å². The number of Topliss-reactive ketones (excluding diaryl/α,β-unsaturated/α-hetero) is 1. The Morgan fingerprint density at radius 1 is 1.07 bits per heavy atom. The smallest absolute Gasteiger partial charge is 0.161 e. The van der Waals surface area contributed by atoms with E-state index in [9.17, 15) is 4.79 Å². The maximum Gasteiger partial charge on any atom is 0.161 e. The molecule has 3 heteroatoms. The molecule has 0 heterocycles. The number of rotatable bonds is 12. The highest BCUT2D eigenvalue weighted by atomic mass is 16.5. The van der Waals surface area contributed by atoms with Crippen molar-refractivity contribution in [2.24, 2.45) is 17.3 Å². The summed E-state index contributed by atoms with van der Waals surface area (Å²) in [5.41, 5.74) is 1.57. The molecular formula is C25H42O3. The van der Waals surface area contributed by atoms with Crippen LogP contribution >= 0.6 is 0 Å². The largest absolute Gasteiger partial charge is 0.374 e. The van der Waals surface area contributed by atoms with Crippen LogP contribution in [0.25, 0.3) is 0 Å². The van der Waals surface area contributed by atoms with E-state index in [0.717, 1.165) is 62.7 Å². The zero-order chi connectivity index (χ0) is 20.2. The summed E-state index contributed by atoms with van der Waals surface area (Å²) in [6, 6.07) is 0. The zero-order valence-corrected chi connectivity index (χ0v) is 18.7. The Bertz CT molecular complexity index is 564. The van der Waals surface area contributed by atoms with Crippen molar-refractivity contribution in [3.05, 3.63) is 11.6 Å². The lowest BCUT2D eigenvalue weighted by Gasteiger charge is -2.28. The molecule has 2 saturated carbocycles. The molecule has 2 fully saturated rings. The van der Waals surface area contributed by atoms with E-state index in [1.165, 1.54) is 32.1 Å². The van der Waals surface area contributed by atoms with E-state index in [1.54, 1.807) is 0 Å². The van der Waals surface area contributed by atoms with Gasteiger partial charge in [0.25, 0.3) is 0 Å². The van der Waals surface area contributed by atoms with Crippen LogP contribution in [0, 0.1) is 17.3 Å². The topological polar surface area (TPSA) is 35.5 Å². The van der Waals surface area contributed by atoms with Gasteiger partial charge in [0.2, 0.25) is 0 Å². The molecule has 3 rings (SSSR count). The van der Waals surface area contributed by atoms with Crippen molar-refractivity contribution < 1.29 is 14.3 Å². The molecule has 0 aromatic heterocycles. The average molecular weight is 391 g/mol. The van der Waals surface area contributed by atoms with Gasteiger partial charge in [-0.1, -0.05) is 53.4 Å². The van der Waals surface area contributed by atoms with Crippen LogP contribution in [-0.2, 0) is 14.3 Å². The van der Waals surface area contributed by atoms with E-state index in [0.29, 0.717) is 17.6 Å². The van der Waals surface area contributed by atoms with E-state index in [2.05, 4.69) is 33.8 Å². The lowest BCUT2D eigenvalue weighted by molar-refractivity contribution is -0.116. The number of carbonyl (C=O) groups is 1. The van der Waals surface area contributed by atoms with Crippen LogP contribution in [0.3, 0.4) is 0 Å². The highest BCUT2D eigenvalue weighted by molar-refractivity contribution is 5.98. The van der Waals surface area contributed by atoms with Gasteiger partial charge in [-0.25, -0.2) is 0 Å². The second-order valence-corrected chi connectivity index (χ2v) is 10.1. The minimum Gasteiger partial charge on any atom is -0.374 e. The third-order valence-electron chi connectivity index (χ3n) is 7.70. The molecule has 4 atom stereocenters.